The number of pyridine rings is 2. The van der Waals surface area contributed by atoms with Gasteiger partial charge in [0.15, 0.2) is 0 Å². The summed E-state index contributed by atoms with van der Waals surface area (Å²) >= 11 is 0. The Bertz CT molecular complexity index is 870. The van der Waals surface area contributed by atoms with E-state index in [4.69, 9.17) is 9.84 Å². The average Bonchev–Trinajstić information content (AvgIpc) is 3.12. The van der Waals surface area contributed by atoms with Crippen LogP contribution >= 0.6 is 0 Å². The third-order valence-electron chi connectivity index (χ3n) is 6.10. The Kier molecular flexibility index (Phi) is 4.01. The van der Waals surface area contributed by atoms with Crippen molar-refractivity contribution in [2.45, 2.75) is 31.4 Å². The number of hydrogen-bond donors (Lipinski definition) is 1. The minimum Gasteiger partial charge on any atom is -0.348 e. The van der Waals surface area contributed by atoms with E-state index in [-0.39, 0.29) is 17.8 Å². The molecule has 0 unspecified atom stereocenters. The van der Waals surface area contributed by atoms with Gasteiger partial charge in [0.25, 0.3) is 0 Å². The van der Waals surface area contributed by atoms with Gasteiger partial charge in [-0.2, -0.15) is 5.10 Å². The number of hydrogen-bond acceptors (Lipinski definition) is 6. The number of carbonyl (C=O) groups excluding carboxylic acids is 1. The van der Waals surface area contributed by atoms with Gasteiger partial charge in [-0.15, -0.1) is 0 Å². The number of ether oxygens (including phenoxy) is 1. The number of hydrazone groups is 1. The molecule has 0 spiro atoms. The highest BCUT2D eigenvalue weighted by atomic mass is 16.5. The lowest BCUT2D eigenvalue weighted by molar-refractivity contribution is -0.125. The number of Topliss-reactive ketones (excluding diaryl/α,β-unsaturated/α-hetero) is 1. The standard InChI is InChI=1S/C21H22N4O2/c26-17-9-2-1-7-14-19-15(17)13-27-21(19,18-10-4-6-12-23-18)25-24-20(14)16-8-3-5-11-22-16/h3-6,8,10-12,14-15,19,25H,1-2,7,9,13H2/t14-,15-,19+,21-/m0/s1. The molecule has 6 heteroatoms. The van der Waals surface area contributed by atoms with Crippen molar-refractivity contribution < 1.29 is 9.53 Å². The van der Waals surface area contributed by atoms with Gasteiger partial charge in [-0.1, -0.05) is 18.6 Å². The molecule has 0 amide bonds. The van der Waals surface area contributed by atoms with Crippen molar-refractivity contribution in [3.63, 3.8) is 0 Å². The van der Waals surface area contributed by atoms with Gasteiger partial charge in [-0.05, 0) is 37.1 Å². The molecule has 4 atom stereocenters. The van der Waals surface area contributed by atoms with Crippen molar-refractivity contribution in [3.8, 4) is 0 Å². The van der Waals surface area contributed by atoms with E-state index in [2.05, 4.69) is 15.4 Å². The normalized spacial score (nSPS) is 32.7. The largest absolute Gasteiger partial charge is 0.348 e. The molecule has 1 saturated heterocycles. The number of ketones is 1. The maximum absolute atomic E-state index is 12.9. The van der Waals surface area contributed by atoms with Crippen LogP contribution in [0.2, 0.25) is 0 Å². The van der Waals surface area contributed by atoms with E-state index in [0.29, 0.717) is 18.8 Å². The molecule has 1 N–H and O–H groups in total. The first-order chi connectivity index (χ1) is 13.3. The minimum absolute atomic E-state index is 0.0327. The molecule has 0 radical (unpaired) electrons. The predicted molar refractivity (Wildman–Crippen MR) is 99.7 cm³/mol. The Balaban J connectivity index is 1.66. The summed E-state index contributed by atoms with van der Waals surface area (Å²) in [5, 5.41) is 4.74. The fourth-order valence-electron chi connectivity index (χ4n) is 4.88. The van der Waals surface area contributed by atoms with Crippen molar-refractivity contribution in [2.75, 3.05) is 6.61 Å². The van der Waals surface area contributed by atoms with Gasteiger partial charge in [0, 0.05) is 36.6 Å². The molecule has 138 valence electrons. The van der Waals surface area contributed by atoms with Crippen LogP contribution in [-0.4, -0.2) is 28.1 Å². The Morgan fingerprint density at radius 1 is 1.04 bits per heavy atom. The summed E-state index contributed by atoms with van der Waals surface area (Å²) in [6.07, 6.45) is 7.09. The van der Waals surface area contributed by atoms with Crippen molar-refractivity contribution >= 4 is 11.5 Å². The van der Waals surface area contributed by atoms with E-state index in [1.54, 1.807) is 12.4 Å². The van der Waals surface area contributed by atoms with Crippen LogP contribution in [0.25, 0.3) is 0 Å². The van der Waals surface area contributed by atoms with Gasteiger partial charge < -0.3 is 4.74 Å². The summed E-state index contributed by atoms with van der Waals surface area (Å²) in [7, 11) is 0. The van der Waals surface area contributed by atoms with Gasteiger partial charge in [0.05, 0.1) is 23.7 Å². The zero-order chi connectivity index (χ0) is 18.3. The fraction of sp³-hybridized carbons (Fsp3) is 0.429. The highest BCUT2D eigenvalue weighted by Crippen LogP contribution is 2.51. The highest BCUT2D eigenvalue weighted by Gasteiger charge is 2.60. The number of nitrogens with one attached hydrogen (secondary N) is 1. The van der Waals surface area contributed by atoms with E-state index >= 15 is 0 Å². The molecular weight excluding hydrogens is 340 g/mol. The molecule has 5 rings (SSSR count). The third-order valence-corrected chi connectivity index (χ3v) is 6.10. The second-order valence-electron chi connectivity index (χ2n) is 7.54. The van der Waals surface area contributed by atoms with Crippen LogP contribution in [0.4, 0.5) is 0 Å². The van der Waals surface area contributed by atoms with Crippen LogP contribution in [0.5, 0.6) is 0 Å². The van der Waals surface area contributed by atoms with E-state index in [9.17, 15) is 4.79 Å². The van der Waals surface area contributed by atoms with E-state index in [0.717, 1.165) is 36.4 Å². The molecular formula is C21H22N4O2. The third kappa shape index (κ3) is 2.58. The van der Waals surface area contributed by atoms with Crippen LogP contribution in [0.15, 0.2) is 53.9 Å². The van der Waals surface area contributed by atoms with Gasteiger partial charge in [0.2, 0.25) is 5.72 Å². The molecule has 0 bridgehead atoms. The Labute approximate surface area is 158 Å². The van der Waals surface area contributed by atoms with Crippen molar-refractivity contribution in [2.24, 2.45) is 22.9 Å². The monoisotopic (exact) mass is 362 g/mol. The van der Waals surface area contributed by atoms with Gasteiger partial charge in [-0.3, -0.25) is 20.2 Å². The first-order valence-electron chi connectivity index (χ1n) is 9.64. The van der Waals surface area contributed by atoms with E-state index in [1.807, 2.05) is 36.4 Å². The topological polar surface area (TPSA) is 76.5 Å². The van der Waals surface area contributed by atoms with Crippen LogP contribution in [0.1, 0.15) is 37.1 Å². The molecule has 6 nitrogen and oxygen atoms in total. The summed E-state index contributed by atoms with van der Waals surface area (Å²) < 4.78 is 6.29. The van der Waals surface area contributed by atoms with Crippen molar-refractivity contribution in [1.29, 1.82) is 0 Å². The second-order valence-corrected chi connectivity index (χ2v) is 7.54. The summed E-state index contributed by atoms with van der Waals surface area (Å²) in [4.78, 5) is 22.0. The van der Waals surface area contributed by atoms with Gasteiger partial charge >= 0.3 is 0 Å². The maximum Gasteiger partial charge on any atom is 0.200 e. The lowest BCUT2D eigenvalue weighted by atomic mass is 9.67. The fourth-order valence-corrected chi connectivity index (χ4v) is 4.88. The maximum atomic E-state index is 12.9. The first kappa shape index (κ1) is 16.6. The number of nitrogens with zero attached hydrogens (tertiary/aromatic N) is 3. The van der Waals surface area contributed by atoms with Gasteiger partial charge in [0.1, 0.15) is 5.78 Å². The molecule has 4 heterocycles. The molecule has 1 aliphatic carbocycles. The van der Waals surface area contributed by atoms with Crippen molar-refractivity contribution in [3.05, 3.63) is 60.2 Å². The molecule has 0 aromatic carbocycles. The Hall–Kier alpha value is -2.60. The van der Waals surface area contributed by atoms with Crippen LogP contribution in [-0.2, 0) is 15.3 Å². The quantitative estimate of drug-likeness (QED) is 0.889. The number of carbonyl (C=O) groups is 1. The minimum atomic E-state index is -0.845. The molecule has 2 aliphatic heterocycles. The van der Waals surface area contributed by atoms with Crippen LogP contribution in [0.3, 0.4) is 0 Å². The zero-order valence-electron chi connectivity index (χ0n) is 15.0. The smallest absolute Gasteiger partial charge is 0.200 e. The predicted octanol–water partition coefficient (Wildman–Crippen LogP) is 2.66. The van der Waals surface area contributed by atoms with E-state index < -0.39 is 5.72 Å². The number of rotatable bonds is 2. The average molecular weight is 362 g/mol. The SMILES string of the molecule is O=C1CCCC[C@@H]2C(c3ccccn3)=NN[C@@]3(c4ccccn4)OC[C@@H]1[C@@H]23. The Morgan fingerprint density at radius 2 is 1.89 bits per heavy atom. The second kappa shape index (κ2) is 6.53. The lowest BCUT2D eigenvalue weighted by Gasteiger charge is -2.43. The number of aromatic nitrogens is 2. The summed E-state index contributed by atoms with van der Waals surface area (Å²) in [5.74, 6) is 0.236. The molecule has 3 aliphatic rings. The Morgan fingerprint density at radius 3 is 2.67 bits per heavy atom. The highest BCUT2D eigenvalue weighted by molar-refractivity contribution is 6.01. The summed E-state index contributed by atoms with van der Waals surface area (Å²) in [6, 6.07) is 11.7. The zero-order valence-corrected chi connectivity index (χ0v) is 15.0. The van der Waals surface area contributed by atoms with Crippen molar-refractivity contribution in [1.82, 2.24) is 15.4 Å². The summed E-state index contributed by atoms with van der Waals surface area (Å²) in [6.45, 7) is 0.411. The van der Waals surface area contributed by atoms with Gasteiger partial charge in [-0.25, -0.2) is 0 Å². The van der Waals surface area contributed by atoms with Crippen LogP contribution < -0.4 is 5.43 Å². The molecule has 1 saturated carbocycles. The molecule has 2 aromatic rings. The lowest BCUT2D eigenvalue weighted by Crippen LogP contribution is -2.55. The van der Waals surface area contributed by atoms with Crippen LogP contribution in [0, 0.1) is 17.8 Å². The molecule has 2 fully saturated rings. The van der Waals surface area contributed by atoms with E-state index in [1.165, 1.54) is 0 Å². The summed E-state index contributed by atoms with van der Waals surface area (Å²) in [5.41, 5.74) is 5.01. The molecule has 2 aromatic heterocycles. The first-order valence-corrected chi connectivity index (χ1v) is 9.64. The molecule has 27 heavy (non-hydrogen) atoms.